The third-order valence-corrected chi connectivity index (χ3v) is 8.53. The Morgan fingerprint density at radius 1 is 0.935 bits per heavy atom. The number of nitrogens with one attached hydrogen (secondary N) is 3. The number of para-hydroxylation sites is 1. The summed E-state index contributed by atoms with van der Waals surface area (Å²) in [5.74, 6) is 1.65. The highest BCUT2D eigenvalue weighted by molar-refractivity contribution is 6.01. The van der Waals surface area contributed by atoms with E-state index >= 15 is 0 Å². The predicted molar refractivity (Wildman–Crippen MR) is 183 cm³/mol. The Bertz CT molecular complexity index is 1640. The lowest BCUT2D eigenvalue weighted by Crippen LogP contribution is -2.34. The lowest BCUT2D eigenvalue weighted by atomic mass is 9.76. The minimum absolute atomic E-state index is 0.0872. The molecule has 3 N–H and O–H groups in total. The Balaban J connectivity index is 1.44. The second-order valence-electron chi connectivity index (χ2n) is 13.0. The number of benzene rings is 3. The van der Waals surface area contributed by atoms with E-state index in [9.17, 15) is 9.59 Å². The van der Waals surface area contributed by atoms with Crippen LogP contribution in [0.25, 0.3) is 5.69 Å². The quantitative estimate of drug-likeness (QED) is 0.175. The summed E-state index contributed by atoms with van der Waals surface area (Å²) in [7, 11) is 3.20. The van der Waals surface area contributed by atoms with E-state index in [1.807, 2.05) is 73.7 Å². The number of Topliss-reactive ketones (excluding diaryl/α,β-unsaturated/α-hetero) is 1. The van der Waals surface area contributed by atoms with Crippen LogP contribution in [0.15, 0.2) is 72.8 Å². The van der Waals surface area contributed by atoms with Crippen molar-refractivity contribution in [3.05, 3.63) is 95.2 Å². The van der Waals surface area contributed by atoms with Gasteiger partial charge in [-0.25, -0.2) is 9.48 Å². The predicted octanol–water partition coefficient (Wildman–Crippen LogP) is 7.03. The Morgan fingerprint density at radius 3 is 2.22 bits per heavy atom. The summed E-state index contributed by atoms with van der Waals surface area (Å²) in [5.41, 5.74) is 4.87. The zero-order chi connectivity index (χ0) is 32.8. The Morgan fingerprint density at radius 2 is 1.59 bits per heavy atom. The van der Waals surface area contributed by atoms with Crippen LogP contribution in [-0.4, -0.2) is 48.9 Å². The van der Waals surface area contributed by atoms with Crippen molar-refractivity contribution in [2.24, 2.45) is 5.92 Å². The van der Waals surface area contributed by atoms with E-state index in [1.165, 1.54) is 0 Å². The van der Waals surface area contributed by atoms with E-state index in [-0.39, 0.29) is 23.5 Å². The smallest absolute Gasteiger partial charge is 0.324 e. The van der Waals surface area contributed by atoms with Crippen LogP contribution in [0.5, 0.6) is 11.5 Å². The molecular weight excluding hydrogens is 578 g/mol. The first-order chi connectivity index (χ1) is 22.0. The van der Waals surface area contributed by atoms with Crippen molar-refractivity contribution >= 4 is 23.3 Å². The van der Waals surface area contributed by atoms with Gasteiger partial charge in [-0.1, -0.05) is 56.7 Å². The van der Waals surface area contributed by atoms with Crippen LogP contribution < -0.4 is 25.4 Å². The van der Waals surface area contributed by atoms with Crippen LogP contribution in [0.4, 0.5) is 16.3 Å². The molecule has 1 atom stereocenters. The first-order valence-electron chi connectivity index (χ1n) is 15.9. The normalized spacial score (nSPS) is 14.4. The van der Waals surface area contributed by atoms with Crippen molar-refractivity contribution in [1.82, 2.24) is 15.1 Å². The van der Waals surface area contributed by atoms with Gasteiger partial charge >= 0.3 is 6.03 Å². The topological polar surface area (TPSA) is 107 Å². The number of urea groups is 1. The molecule has 242 valence electrons. The maximum atomic E-state index is 14.2. The minimum Gasteiger partial charge on any atom is -0.497 e. The summed E-state index contributed by atoms with van der Waals surface area (Å²) in [6.45, 7) is 10.00. The highest BCUT2D eigenvalue weighted by atomic mass is 16.5. The van der Waals surface area contributed by atoms with Gasteiger partial charge in [-0.2, -0.15) is 5.10 Å². The van der Waals surface area contributed by atoms with E-state index in [4.69, 9.17) is 14.6 Å². The fraction of sp³-hybridized carbons (Fsp3) is 0.378. The number of amides is 2. The second-order valence-corrected chi connectivity index (χ2v) is 13.0. The summed E-state index contributed by atoms with van der Waals surface area (Å²) in [6, 6.07) is 22.7. The van der Waals surface area contributed by atoms with Crippen LogP contribution in [0.3, 0.4) is 0 Å². The van der Waals surface area contributed by atoms with E-state index in [2.05, 4.69) is 36.7 Å². The Labute approximate surface area is 271 Å². The SMILES string of the molecule is COc1cc(CC(=O)C(c2ccccc2NC(=O)Nc2cc(C(C)(C)C)nn2-c2ccc(C)cc2)C2CCNCC2)cc(OC)c1. The van der Waals surface area contributed by atoms with Crippen molar-refractivity contribution in [2.45, 2.75) is 58.3 Å². The van der Waals surface area contributed by atoms with Gasteiger partial charge in [0, 0.05) is 35.6 Å². The van der Waals surface area contributed by atoms with E-state index < -0.39 is 11.9 Å². The van der Waals surface area contributed by atoms with Crippen molar-refractivity contribution in [1.29, 1.82) is 0 Å². The Hall–Kier alpha value is -4.63. The molecule has 5 rings (SSSR count). The first-order valence-corrected chi connectivity index (χ1v) is 15.9. The maximum absolute atomic E-state index is 14.2. The summed E-state index contributed by atoms with van der Waals surface area (Å²) < 4.78 is 12.7. The number of methoxy groups -OCH3 is 2. The van der Waals surface area contributed by atoms with E-state index in [1.54, 1.807) is 25.0 Å². The monoisotopic (exact) mass is 623 g/mol. The largest absolute Gasteiger partial charge is 0.497 e. The molecule has 1 aromatic heterocycles. The summed E-state index contributed by atoms with van der Waals surface area (Å²) in [6.07, 6.45) is 1.95. The van der Waals surface area contributed by atoms with Crippen LogP contribution in [0.2, 0.25) is 0 Å². The number of carbonyl (C=O) groups is 2. The number of hydrogen-bond acceptors (Lipinski definition) is 6. The fourth-order valence-electron chi connectivity index (χ4n) is 6.02. The number of anilines is 2. The van der Waals surface area contributed by atoms with Crippen molar-refractivity contribution < 1.29 is 19.1 Å². The van der Waals surface area contributed by atoms with Gasteiger partial charge in [-0.3, -0.25) is 10.1 Å². The van der Waals surface area contributed by atoms with Crippen LogP contribution in [0.1, 0.15) is 61.9 Å². The van der Waals surface area contributed by atoms with Gasteiger partial charge in [0.2, 0.25) is 0 Å². The molecule has 2 amide bonds. The first kappa shape index (κ1) is 32.8. The third-order valence-electron chi connectivity index (χ3n) is 8.53. The number of ether oxygens (including phenoxy) is 2. The number of ketones is 1. The van der Waals surface area contributed by atoms with Crippen LogP contribution >= 0.6 is 0 Å². The number of nitrogens with zero attached hydrogens (tertiary/aromatic N) is 2. The number of carbonyl (C=O) groups excluding carboxylic acids is 2. The van der Waals surface area contributed by atoms with Gasteiger partial charge < -0.3 is 20.1 Å². The van der Waals surface area contributed by atoms with E-state index in [0.29, 0.717) is 23.0 Å². The number of hydrogen-bond donors (Lipinski definition) is 3. The standard InChI is InChI=1S/C37H45N5O4/c1-24-11-13-27(14-12-24)42-34(23-33(41-42)37(2,3)4)40-36(44)39-31-10-8-7-9-30(31)35(26-15-17-38-18-16-26)32(43)21-25-19-28(45-5)22-29(20-25)46-6/h7-14,19-20,22-23,26,35,38H,15-18,21H2,1-6H3,(H2,39,40,44). The molecule has 1 aliphatic heterocycles. The van der Waals surface area contributed by atoms with Gasteiger partial charge in [-0.05, 0) is 80.2 Å². The lowest BCUT2D eigenvalue weighted by molar-refractivity contribution is -0.121. The van der Waals surface area contributed by atoms with Gasteiger partial charge in [0.1, 0.15) is 23.1 Å². The van der Waals surface area contributed by atoms with Gasteiger partial charge in [0.25, 0.3) is 0 Å². The summed E-state index contributed by atoms with van der Waals surface area (Å²) in [5, 5.41) is 14.4. The molecule has 9 nitrogen and oxygen atoms in total. The average Bonchev–Trinajstić information content (AvgIpc) is 3.47. The molecule has 1 fully saturated rings. The average molecular weight is 624 g/mol. The molecule has 2 heterocycles. The molecule has 1 unspecified atom stereocenters. The molecular formula is C37H45N5O4. The third kappa shape index (κ3) is 7.77. The van der Waals surface area contributed by atoms with Crippen LogP contribution in [-0.2, 0) is 16.6 Å². The summed E-state index contributed by atoms with van der Waals surface area (Å²) >= 11 is 0. The highest BCUT2D eigenvalue weighted by Gasteiger charge is 2.33. The number of piperidine rings is 1. The summed E-state index contributed by atoms with van der Waals surface area (Å²) in [4.78, 5) is 27.9. The fourth-order valence-corrected chi connectivity index (χ4v) is 6.02. The molecule has 0 aliphatic carbocycles. The molecule has 9 heteroatoms. The molecule has 1 aliphatic rings. The second kappa shape index (κ2) is 14.2. The minimum atomic E-state index is -0.407. The number of aromatic nitrogens is 2. The van der Waals surface area contributed by atoms with Gasteiger partial charge in [-0.15, -0.1) is 0 Å². The zero-order valence-electron chi connectivity index (χ0n) is 27.6. The van der Waals surface area contributed by atoms with Crippen molar-refractivity contribution in [2.75, 3.05) is 37.9 Å². The van der Waals surface area contributed by atoms with Gasteiger partial charge in [0.15, 0.2) is 0 Å². The van der Waals surface area contributed by atoms with E-state index in [0.717, 1.165) is 54.0 Å². The molecule has 0 radical (unpaired) electrons. The molecule has 1 saturated heterocycles. The zero-order valence-corrected chi connectivity index (χ0v) is 27.6. The van der Waals surface area contributed by atoms with Crippen molar-refractivity contribution in [3.8, 4) is 17.2 Å². The molecule has 0 saturated carbocycles. The molecule has 3 aromatic carbocycles. The number of aryl methyl sites for hydroxylation is 1. The Kier molecular flexibility index (Phi) is 10.1. The molecule has 4 aromatic rings. The lowest BCUT2D eigenvalue weighted by Gasteiger charge is -2.31. The van der Waals surface area contributed by atoms with Crippen molar-refractivity contribution in [3.63, 3.8) is 0 Å². The highest BCUT2D eigenvalue weighted by Crippen LogP contribution is 2.37. The molecule has 46 heavy (non-hydrogen) atoms. The molecule has 0 spiro atoms. The molecule has 0 bridgehead atoms. The maximum Gasteiger partial charge on any atom is 0.324 e. The number of rotatable bonds is 10. The van der Waals surface area contributed by atoms with Crippen LogP contribution in [0, 0.1) is 12.8 Å². The van der Waals surface area contributed by atoms with Gasteiger partial charge in [0.05, 0.1) is 25.6 Å².